The van der Waals surface area contributed by atoms with Crippen molar-refractivity contribution in [1.29, 1.82) is 0 Å². The number of aromatic nitrogens is 2. The second-order valence-electron chi connectivity index (χ2n) is 8.15. The maximum Gasteiger partial charge on any atom is 0.415 e. The van der Waals surface area contributed by atoms with Crippen LogP contribution in [0, 0.1) is 6.92 Å². The topological polar surface area (TPSA) is 67.7 Å². The minimum Gasteiger partial charge on any atom is -0.443 e. The Morgan fingerprint density at radius 2 is 1.76 bits per heavy atom. The molecule has 7 nitrogen and oxygen atoms in total. The second-order valence-corrected chi connectivity index (χ2v) is 9.03. The molecule has 29 heavy (non-hydrogen) atoms. The van der Waals surface area contributed by atoms with Gasteiger partial charge in [0.1, 0.15) is 11.3 Å². The molecule has 0 fully saturated rings. The van der Waals surface area contributed by atoms with Gasteiger partial charge in [-0.25, -0.2) is 4.79 Å². The minimum absolute atomic E-state index is 0.269. The normalized spacial score (nSPS) is 16.6. The lowest BCUT2D eigenvalue weighted by molar-refractivity contribution is 0.0574. The molecule has 1 aromatic carbocycles. The van der Waals surface area contributed by atoms with E-state index in [2.05, 4.69) is 5.10 Å². The van der Waals surface area contributed by atoms with Crippen LogP contribution in [-0.4, -0.2) is 40.0 Å². The third-order valence-electron chi connectivity index (χ3n) is 4.49. The predicted molar refractivity (Wildman–Crippen MR) is 114 cm³/mol. The molecular weight excluding hydrogens is 415 g/mol. The molecule has 1 aromatic heterocycles. The summed E-state index contributed by atoms with van der Waals surface area (Å²) >= 11 is 12.2. The molecule has 156 valence electrons. The predicted octanol–water partition coefficient (Wildman–Crippen LogP) is 4.83. The molecule has 0 radical (unpaired) electrons. The number of amides is 2. The van der Waals surface area contributed by atoms with Crippen LogP contribution in [-0.2, 0) is 11.8 Å². The van der Waals surface area contributed by atoms with Gasteiger partial charge >= 0.3 is 6.09 Å². The molecule has 2 amide bonds. The molecule has 1 aliphatic heterocycles. The fourth-order valence-electron chi connectivity index (χ4n) is 3.46. The van der Waals surface area contributed by atoms with Crippen LogP contribution >= 0.6 is 23.2 Å². The van der Waals surface area contributed by atoms with Crippen LogP contribution in [0.1, 0.15) is 43.7 Å². The minimum atomic E-state index is -0.638. The molecule has 0 unspecified atom stereocenters. The average Bonchev–Trinajstić information content (AvgIpc) is 2.86. The van der Waals surface area contributed by atoms with Gasteiger partial charge in [-0.15, -0.1) is 0 Å². The Bertz CT molecular complexity index is 961. The Morgan fingerprint density at radius 3 is 2.31 bits per heavy atom. The molecular formula is C20H24Cl2N4O3. The van der Waals surface area contributed by atoms with Crippen molar-refractivity contribution in [3.05, 3.63) is 39.5 Å². The number of carbonyl (C=O) groups is 2. The van der Waals surface area contributed by atoms with Crippen molar-refractivity contribution in [1.82, 2.24) is 9.78 Å². The molecule has 0 N–H and O–H groups in total. The highest BCUT2D eigenvalue weighted by Crippen LogP contribution is 2.39. The molecule has 2 heterocycles. The molecule has 0 saturated heterocycles. The van der Waals surface area contributed by atoms with Crippen molar-refractivity contribution in [2.75, 3.05) is 16.3 Å². The lowest BCUT2D eigenvalue weighted by Gasteiger charge is -2.40. The lowest BCUT2D eigenvalue weighted by atomic mass is 10.1. The van der Waals surface area contributed by atoms with Gasteiger partial charge in [0, 0.05) is 22.7 Å². The summed E-state index contributed by atoms with van der Waals surface area (Å²) in [5.74, 6) is 0.253. The second kappa shape index (κ2) is 7.54. The number of halogens is 2. The van der Waals surface area contributed by atoms with Gasteiger partial charge in [0.2, 0.25) is 0 Å². The third-order valence-corrected chi connectivity index (χ3v) is 4.93. The Labute approximate surface area is 180 Å². The van der Waals surface area contributed by atoms with E-state index in [9.17, 15) is 9.59 Å². The summed E-state index contributed by atoms with van der Waals surface area (Å²) in [5, 5.41) is 5.19. The summed E-state index contributed by atoms with van der Waals surface area (Å²) in [7, 11) is 1.74. The zero-order valence-electron chi connectivity index (χ0n) is 17.3. The molecule has 2 aromatic rings. The van der Waals surface area contributed by atoms with Crippen LogP contribution in [0.5, 0.6) is 0 Å². The fraction of sp³-hybridized carbons (Fsp3) is 0.450. The number of benzene rings is 1. The number of anilines is 2. The van der Waals surface area contributed by atoms with Gasteiger partial charge in [-0.05, 0) is 52.8 Å². The smallest absolute Gasteiger partial charge is 0.415 e. The number of nitrogens with zero attached hydrogens (tertiary/aromatic N) is 4. The van der Waals surface area contributed by atoms with Crippen molar-refractivity contribution in [2.45, 2.75) is 46.3 Å². The van der Waals surface area contributed by atoms with Crippen LogP contribution in [0.2, 0.25) is 10.0 Å². The fourth-order valence-corrected chi connectivity index (χ4v) is 3.99. The number of rotatable bonds is 1. The van der Waals surface area contributed by atoms with E-state index in [1.807, 2.05) is 27.7 Å². The Balaban J connectivity index is 2.07. The maximum atomic E-state index is 13.4. The van der Waals surface area contributed by atoms with E-state index >= 15 is 0 Å². The Kier molecular flexibility index (Phi) is 5.58. The Hall–Kier alpha value is -2.25. The quantitative estimate of drug-likeness (QED) is 0.639. The van der Waals surface area contributed by atoms with E-state index in [1.165, 1.54) is 0 Å². The van der Waals surface area contributed by atoms with E-state index in [0.717, 1.165) is 0 Å². The number of carbonyl (C=O) groups excluding carboxylic acids is 2. The third kappa shape index (κ3) is 4.21. The number of hydrogen-bond donors (Lipinski definition) is 0. The van der Waals surface area contributed by atoms with Crippen LogP contribution in [0.15, 0.2) is 18.2 Å². The van der Waals surface area contributed by atoms with Gasteiger partial charge in [0.05, 0.1) is 18.3 Å². The molecule has 3 rings (SSSR count). The van der Waals surface area contributed by atoms with Gasteiger partial charge in [0.15, 0.2) is 5.82 Å². The summed E-state index contributed by atoms with van der Waals surface area (Å²) in [5.41, 5.74) is 0.912. The first kappa shape index (κ1) is 21.5. The first-order valence-electron chi connectivity index (χ1n) is 9.23. The molecule has 1 atom stereocenters. The highest BCUT2D eigenvalue weighted by molar-refractivity contribution is 6.35. The standard InChI is InChI=1S/C20H24Cl2N4O3/c1-11-10-25(19(28)29-20(3,4)5)16-12(2)23-24(6)17(16)26(11)18(27)13-7-14(21)9-15(22)8-13/h7-9,11H,10H2,1-6H3/t11-/m0/s1. The summed E-state index contributed by atoms with van der Waals surface area (Å²) in [6, 6.07) is 4.40. The molecule has 0 bridgehead atoms. The van der Waals surface area contributed by atoms with Crippen molar-refractivity contribution in [2.24, 2.45) is 7.05 Å². The van der Waals surface area contributed by atoms with Gasteiger partial charge in [-0.3, -0.25) is 19.3 Å². The van der Waals surface area contributed by atoms with Crippen LogP contribution in [0.4, 0.5) is 16.3 Å². The van der Waals surface area contributed by atoms with E-state index in [4.69, 9.17) is 27.9 Å². The number of ether oxygens (including phenoxy) is 1. The molecule has 9 heteroatoms. The monoisotopic (exact) mass is 438 g/mol. The summed E-state index contributed by atoms with van der Waals surface area (Å²) < 4.78 is 7.17. The van der Waals surface area contributed by atoms with Crippen molar-refractivity contribution < 1.29 is 14.3 Å². The zero-order valence-corrected chi connectivity index (χ0v) is 18.8. The van der Waals surface area contributed by atoms with Crippen LogP contribution in [0.3, 0.4) is 0 Å². The molecule has 1 aliphatic rings. The van der Waals surface area contributed by atoms with E-state index in [1.54, 1.807) is 46.7 Å². The number of aryl methyl sites for hydroxylation is 2. The van der Waals surface area contributed by atoms with Crippen LogP contribution in [0.25, 0.3) is 0 Å². The van der Waals surface area contributed by atoms with Crippen molar-refractivity contribution in [3.8, 4) is 0 Å². The van der Waals surface area contributed by atoms with Crippen molar-refractivity contribution in [3.63, 3.8) is 0 Å². The maximum absolute atomic E-state index is 13.4. The summed E-state index contributed by atoms with van der Waals surface area (Å²) in [4.78, 5) is 29.4. The molecule has 0 aliphatic carbocycles. The highest BCUT2D eigenvalue weighted by Gasteiger charge is 2.41. The highest BCUT2D eigenvalue weighted by atomic mass is 35.5. The SMILES string of the molecule is Cc1nn(C)c2c1N(C(=O)OC(C)(C)C)C[C@H](C)N2C(=O)c1cc(Cl)cc(Cl)c1. The van der Waals surface area contributed by atoms with Gasteiger partial charge in [-0.2, -0.15) is 5.10 Å². The lowest BCUT2D eigenvalue weighted by Crippen LogP contribution is -2.53. The number of hydrogen-bond acceptors (Lipinski definition) is 4. The van der Waals surface area contributed by atoms with Crippen LogP contribution < -0.4 is 9.80 Å². The first-order valence-corrected chi connectivity index (χ1v) is 9.98. The average molecular weight is 439 g/mol. The number of fused-ring (bicyclic) bond motifs is 1. The van der Waals surface area contributed by atoms with E-state index in [0.29, 0.717) is 32.8 Å². The summed E-state index contributed by atoms with van der Waals surface area (Å²) in [6.45, 7) is 9.38. The van der Waals surface area contributed by atoms with E-state index in [-0.39, 0.29) is 18.5 Å². The van der Waals surface area contributed by atoms with Gasteiger partial charge < -0.3 is 4.74 Å². The van der Waals surface area contributed by atoms with Crippen molar-refractivity contribution >= 4 is 46.7 Å². The van der Waals surface area contributed by atoms with Gasteiger partial charge in [-0.1, -0.05) is 23.2 Å². The largest absolute Gasteiger partial charge is 0.443 e. The first-order chi connectivity index (χ1) is 13.4. The summed E-state index contributed by atoms with van der Waals surface area (Å²) in [6.07, 6.45) is -0.473. The van der Waals surface area contributed by atoms with E-state index < -0.39 is 11.7 Å². The zero-order chi connectivity index (χ0) is 21.7. The van der Waals surface area contributed by atoms with Gasteiger partial charge in [0.25, 0.3) is 5.91 Å². The molecule has 0 spiro atoms. The molecule has 0 saturated carbocycles. The Morgan fingerprint density at radius 1 is 1.17 bits per heavy atom.